The minimum atomic E-state index is -0.270. The SMILES string of the molecule is CC(=O)Nc1on[n+](Cc2ccc(C)cc2)c1CO. The number of aromatic nitrogens is 2. The van der Waals surface area contributed by atoms with Gasteiger partial charge in [-0.2, -0.15) is 0 Å². The molecule has 0 radical (unpaired) electrons. The van der Waals surface area contributed by atoms with Gasteiger partial charge >= 0.3 is 5.88 Å². The minimum absolute atomic E-state index is 0.183. The predicted molar refractivity (Wildman–Crippen MR) is 67.2 cm³/mol. The molecule has 2 rings (SSSR count). The van der Waals surface area contributed by atoms with Crippen LogP contribution in [0.4, 0.5) is 5.88 Å². The predicted octanol–water partition coefficient (Wildman–Crippen LogP) is 0.770. The number of carbonyl (C=O) groups excluding carboxylic acids is 1. The highest BCUT2D eigenvalue weighted by Gasteiger charge is 2.24. The number of nitrogens with zero attached hydrogens (tertiary/aromatic N) is 2. The van der Waals surface area contributed by atoms with Crippen LogP contribution >= 0.6 is 0 Å². The summed E-state index contributed by atoms with van der Waals surface area (Å²) in [6.45, 7) is 3.60. The third-order valence-electron chi connectivity index (χ3n) is 2.70. The number of aliphatic hydroxyl groups excluding tert-OH is 1. The van der Waals surface area contributed by atoms with E-state index in [4.69, 9.17) is 4.52 Å². The molecular formula is C13H16N3O3+. The summed E-state index contributed by atoms with van der Waals surface area (Å²) in [5.41, 5.74) is 2.65. The molecule has 0 aliphatic carbocycles. The summed E-state index contributed by atoms with van der Waals surface area (Å²) in [7, 11) is 0. The van der Waals surface area contributed by atoms with Crippen LogP contribution in [0.2, 0.25) is 0 Å². The molecule has 0 atom stereocenters. The Labute approximate surface area is 110 Å². The minimum Gasteiger partial charge on any atom is -0.385 e. The van der Waals surface area contributed by atoms with Gasteiger partial charge in [-0.05, 0) is 11.6 Å². The summed E-state index contributed by atoms with van der Waals surface area (Å²) in [5.74, 6) is -0.0875. The molecule has 0 bridgehead atoms. The maximum absolute atomic E-state index is 11.0. The lowest BCUT2D eigenvalue weighted by atomic mass is 10.1. The molecule has 1 amide bonds. The monoisotopic (exact) mass is 262 g/mol. The number of hydrogen-bond donors (Lipinski definition) is 2. The van der Waals surface area contributed by atoms with E-state index in [-0.39, 0.29) is 18.4 Å². The van der Waals surface area contributed by atoms with E-state index >= 15 is 0 Å². The van der Waals surface area contributed by atoms with Gasteiger partial charge in [-0.25, -0.2) is 0 Å². The Bertz CT molecular complexity index is 575. The molecule has 0 fully saturated rings. The van der Waals surface area contributed by atoms with E-state index in [0.717, 1.165) is 5.56 Å². The van der Waals surface area contributed by atoms with Gasteiger partial charge in [0.15, 0.2) is 0 Å². The first-order valence-electron chi connectivity index (χ1n) is 5.93. The Morgan fingerprint density at radius 2 is 2.11 bits per heavy atom. The molecule has 1 aromatic heterocycles. The van der Waals surface area contributed by atoms with Crippen molar-refractivity contribution in [3.63, 3.8) is 0 Å². The van der Waals surface area contributed by atoms with Gasteiger partial charge in [-0.1, -0.05) is 29.8 Å². The summed E-state index contributed by atoms with van der Waals surface area (Å²) in [6, 6.07) is 7.97. The highest BCUT2D eigenvalue weighted by Crippen LogP contribution is 2.11. The van der Waals surface area contributed by atoms with Crippen LogP contribution in [0.1, 0.15) is 23.7 Å². The molecule has 0 unspecified atom stereocenters. The molecule has 0 aliphatic rings. The van der Waals surface area contributed by atoms with Gasteiger partial charge in [0, 0.05) is 12.5 Å². The van der Waals surface area contributed by atoms with Crippen LogP contribution in [0, 0.1) is 6.92 Å². The fraction of sp³-hybridized carbons (Fsp3) is 0.308. The van der Waals surface area contributed by atoms with E-state index in [1.807, 2.05) is 31.2 Å². The van der Waals surface area contributed by atoms with Crippen LogP contribution in [-0.2, 0) is 17.9 Å². The molecule has 6 heteroatoms. The summed E-state index contributed by atoms with van der Waals surface area (Å²) in [6.07, 6.45) is 0. The molecule has 2 N–H and O–H groups in total. The lowest BCUT2D eigenvalue weighted by Crippen LogP contribution is -2.40. The van der Waals surface area contributed by atoms with Crippen molar-refractivity contribution in [1.82, 2.24) is 5.27 Å². The van der Waals surface area contributed by atoms with E-state index in [2.05, 4.69) is 10.6 Å². The van der Waals surface area contributed by atoms with Gasteiger partial charge < -0.3 is 5.11 Å². The third kappa shape index (κ3) is 3.17. The van der Waals surface area contributed by atoms with E-state index < -0.39 is 0 Å². The van der Waals surface area contributed by atoms with Gasteiger partial charge in [0.2, 0.25) is 17.7 Å². The smallest absolute Gasteiger partial charge is 0.308 e. The molecule has 0 spiro atoms. The van der Waals surface area contributed by atoms with E-state index in [1.165, 1.54) is 17.2 Å². The summed E-state index contributed by atoms with van der Waals surface area (Å²) < 4.78 is 6.54. The number of carbonyl (C=O) groups is 1. The largest absolute Gasteiger partial charge is 0.385 e. The Kier molecular flexibility index (Phi) is 3.91. The van der Waals surface area contributed by atoms with Gasteiger partial charge in [-0.15, -0.1) is 0 Å². The summed E-state index contributed by atoms with van der Waals surface area (Å²) in [4.78, 5) is 11.0. The summed E-state index contributed by atoms with van der Waals surface area (Å²) in [5, 5.41) is 15.7. The van der Waals surface area contributed by atoms with Crippen LogP contribution in [0.3, 0.4) is 0 Å². The van der Waals surface area contributed by atoms with Crippen molar-refractivity contribution in [3.05, 3.63) is 41.1 Å². The van der Waals surface area contributed by atoms with Crippen LogP contribution in [-0.4, -0.2) is 16.3 Å². The van der Waals surface area contributed by atoms with E-state index in [1.54, 1.807) is 0 Å². The van der Waals surface area contributed by atoms with Crippen molar-refractivity contribution in [2.75, 3.05) is 5.32 Å². The number of aryl methyl sites for hydroxylation is 1. The highest BCUT2D eigenvalue weighted by molar-refractivity contribution is 5.87. The van der Waals surface area contributed by atoms with Crippen molar-refractivity contribution in [2.24, 2.45) is 0 Å². The zero-order chi connectivity index (χ0) is 13.8. The molecule has 0 saturated carbocycles. The molecule has 2 aromatic rings. The Balaban J connectivity index is 2.22. The Morgan fingerprint density at radius 3 is 2.68 bits per heavy atom. The molecular weight excluding hydrogens is 246 g/mol. The second-order valence-corrected chi connectivity index (χ2v) is 4.33. The van der Waals surface area contributed by atoms with Crippen molar-refractivity contribution in [2.45, 2.75) is 27.0 Å². The van der Waals surface area contributed by atoms with E-state index in [0.29, 0.717) is 12.2 Å². The average molecular weight is 262 g/mol. The molecule has 19 heavy (non-hydrogen) atoms. The number of aliphatic hydroxyl groups is 1. The first kappa shape index (κ1) is 13.2. The normalized spacial score (nSPS) is 10.5. The average Bonchev–Trinajstić information content (AvgIpc) is 2.73. The first-order chi connectivity index (χ1) is 9.10. The Hall–Kier alpha value is -2.21. The zero-order valence-corrected chi connectivity index (χ0v) is 10.9. The standard InChI is InChI=1S/C13H15N3O3/c1-9-3-5-11(6-4-9)7-16-12(8-17)13(19-15-16)14-10(2)18/h3-6,17H,7-8H2,1-2H3/p+1. The molecule has 1 aromatic carbocycles. The van der Waals surface area contributed by atoms with Gasteiger partial charge in [0.25, 0.3) is 5.69 Å². The molecule has 100 valence electrons. The number of rotatable bonds is 4. The maximum atomic E-state index is 11.0. The van der Waals surface area contributed by atoms with Crippen LogP contribution in [0.15, 0.2) is 28.8 Å². The molecule has 6 nitrogen and oxygen atoms in total. The molecule has 1 heterocycles. The fourth-order valence-corrected chi connectivity index (χ4v) is 1.71. The zero-order valence-electron chi connectivity index (χ0n) is 10.9. The second kappa shape index (κ2) is 5.62. The van der Waals surface area contributed by atoms with Crippen LogP contribution in [0.25, 0.3) is 0 Å². The van der Waals surface area contributed by atoms with Gasteiger partial charge in [-0.3, -0.25) is 14.6 Å². The number of hydrogen-bond acceptors (Lipinski definition) is 4. The van der Waals surface area contributed by atoms with Crippen LogP contribution < -0.4 is 10.00 Å². The number of benzene rings is 1. The van der Waals surface area contributed by atoms with Crippen molar-refractivity contribution >= 4 is 11.8 Å². The topological polar surface area (TPSA) is 79.2 Å². The van der Waals surface area contributed by atoms with Gasteiger partial charge in [0.05, 0.1) is 0 Å². The van der Waals surface area contributed by atoms with Gasteiger partial charge in [0.1, 0.15) is 6.61 Å². The first-order valence-corrected chi connectivity index (χ1v) is 5.93. The fourth-order valence-electron chi connectivity index (χ4n) is 1.71. The van der Waals surface area contributed by atoms with Crippen molar-refractivity contribution in [3.8, 4) is 0 Å². The number of anilines is 1. The third-order valence-corrected chi connectivity index (χ3v) is 2.70. The van der Waals surface area contributed by atoms with E-state index in [9.17, 15) is 9.90 Å². The van der Waals surface area contributed by atoms with Crippen molar-refractivity contribution < 1.29 is 19.1 Å². The van der Waals surface area contributed by atoms with Crippen LogP contribution in [0.5, 0.6) is 0 Å². The number of nitrogens with one attached hydrogen (secondary N) is 1. The molecule has 0 saturated heterocycles. The second-order valence-electron chi connectivity index (χ2n) is 4.33. The highest BCUT2D eigenvalue weighted by atomic mass is 16.5. The maximum Gasteiger partial charge on any atom is 0.308 e. The Morgan fingerprint density at radius 1 is 1.42 bits per heavy atom. The summed E-state index contributed by atoms with van der Waals surface area (Å²) >= 11 is 0. The van der Waals surface area contributed by atoms with Crippen molar-refractivity contribution in [1.29, 1.82) is 0 Å². The molecule has 0 aliphatic heterocycles. The lowest BCUT2D eigenvalue weighted by Gasteiger charge is -1.97. The lowest BCUT2D eigenvalue weighted by molar-refractivity contribution is -0.762. The number of amides is 1. The quantitative estimate of drug-likeness (QED) is 0.798.